The number of rotatable bonds is 4. The average molecular weight is 143 g/mol. The summed E-state index contributed by atoms with van der Waals surface area (Å²) in [7, 11) is 0. The van der Waals surface area contributed by atoms with Crippen molar-refractivity contribution in [3.63, 3.8) is 0 Å². The Morgan fingerprint density at radius 1 is 1.78 bits per heavy atom. The minimum Gasteiger partial charge on any atom is -0.298 e. The van der Waals surface area contributed by atoms with Crippen LogP contribution in [0.2, 0.25) is 0 Å². The zero-order valence-corrected chi connectivity index (χ0v) is 6.20. The summed E-state index contributed by atoms with van der Waals surface area (Å²) in [5.74, 6) is 0.134. The van der Waals surface area contributed by atoms with E-state index in [0.29, 0.717) is 6.42 Å². The Labute approximate surface area is 60.0 Å². The summed E-state index contributed by atoms with van der Waals surface area (Å²) in [5.41, 5.74) is 0. The maximum atomic E-state index is 10.6. The molecule has 0 N–H and O–H groups in total. The topological polar surface area (TPSA) is 29.4 Å². The summed E-state index contributed by atoms with van der Waals surface area (Å²) in [6.07, 6.45) is 1.48. The van der Waals surface area contributed by atoms with Crippen molar-refractivity contribution in [3.05, 3.63) is 0 Å². The summed E-state index contributed by atoms with van der Waals surface area (Å²) in [5, 5.41) is 2.14. The molecule has 0 spiro atoms. The fourth-order valence-corrected chi connectivity index (χ4v) is 0.543. The summed E-state index contributed by atoms with van der Waals surface area (Å²) in [6.45, 7) is 2.16. The van der Waals surface area contributed by atoms with E-state index in [1.54, 1.807) is 0 Å². The first kappa shape index (κ1) is 8.47. The van der Waals surface area contributed by atoms with Gasteiger partial charge >= 0.3 is 0 Å². The van der Waals surface area contributed by atoms with Crippen LogP contribution in [-0.2, 0) is 4.79 Å². The fourth-order valence-electron chi connectivity index (χ4n) is 0.478. The highest BCUT2D eigenvalue weighted by Crippen LogP contribution is 1.88. The summed E-state index contributed by atoms with van der Waals surface area (Å²) < 4.78 is 0. The number of carbonyl (C=O) groups is 1. The Bertz CT molecular complexity index is 138. The largest absolute Gasteiger partial charge is 0.298 e. The van der Waals surface area contributed by atoms with Crippen molar-refractivity contribution in [2.24, 2.45) is 4.99 Å². The van der Waals surface area contributed by atoms with E-state index in [2.05, 4.69) is 22.4 Å². The molecule has 9 heavy (non-hydrogen) atoms. The van der Waals surface area contributed by atoms with E-state index in [1.807, 2.05) is 6.92 Å². The van der Waals surface area contributed by atoms with Crippen LogP contribution in [0.15, 0.2) is 4.99 Å². The van der Waals surface area contributed by atoms with Crippen LogP contribution in [0.4, 0.5) is 0 Å². The first-order valence-corrected chi connectivity index (χ1v) is 3.27. The van der Waals surface area contributed by atoms with Gasteiger partial charge in [0, 0.05) is 6.42 Å². The van der Waals surface area contributed by atoms with Crippen LogP contribution in [0.1, 0.15) is 19.8 Å². The van der Waals surface area contributed by atoms with Gasteiger partial charge in [0.05, 0.1) is 5.16 Å². The third kappa shape index (κ3) is 5.34. The molecule has 0 fully saturated rings. The van der Waals surface area contributed by atoms with E-state index in [0.717, 1.165) is 6.42 Å². The van der Waals surface area contributed by atoms with Crippen molar-refractivity contribution in [3.8, 4) is 0 Å². The number of Topliss-reactive ketones (excluding diaryl/α,β-unsaturated/α-hetero) is 1. The van der Waals surface area contributed by atoms with Gasteiger partial charge in [0.2, 0.25) is 0 Å². The van der Waals surface area contributed by atoms with Crippen LogP contribution in [0.25, 0.3) is 0 Å². The number of ketones is 1. The molecule has 0 rings (SSSR count). The lowest BCUT2D eigenvalue weighted by molar-refractivity contribution is -0.117. The first-order chi connectivity index (χ1) is 4.31. The van der Waals surface area contributed by atoms with E-state index in [4.69, 9.17) is 0 Å². The van der Waals surface area contributed by atoms with Gasteiger partial charge in [-0.25, -0.2) is 4.99 Å². The van der Waals surface area contributed by atoms with Gasteiger partial charge in [-0.05, 0) is 18.6 Å². The Kier molecular flexibility index (Phi) is 5.27. The zero-order chi connectivity index (χ0) is 7.11. The Hall–Kier alpha value is -0.530. The Balaban J connectivity index is 3.38. The van der Waals surface area contributed by atoms with E-state index in [9.17, 15) is 4.79 Å². The molecule has 0 saturated carbocycles. The van der Waals surface area contributed by atoms with Crippen LogP contribution >= 0.6 is 12.2 Å². The Morgan fingerprint density at radius 2 is 2.44 bits per heavy atom. The van der Waals surface area contributed by atoms with Crippen molar-refractivity contribution < 1.29 is 4.79 Å². The normalized spacial score (nSPS) is 8.11. The highest BCUT2D eigenvalue weighted by molar-refractivity contribution is 7.78. The highest BCUT2D eigenvalue weighted by Gasteiger charge is 1.94. The average Bonchev–Trinajstić information content (AvgIpc) is 1.85. The molecule has 0 aromatic heterocycles. The molecule has 0 bridgehead atoms. The summed E-state index contributed by atoms with van der Waals surface area (Å²) in [6, 6.07) is 0. The van der Waals surface area contributed by atoms with Gasteiger partial charge in [0.25, 0.3) is 0 Å². The number of isothiocyanates is 1. The maximum absolute atomic E-state index is 10.6. The zero-order valence-electron chi connectivity index (χ0n) is 5.39. The van der Waals surface area contributed by atoms with Crippen LogP contribution in [0, 0.1) is 0 Å². The molecule has 0 aromatic carbocycles. The summed E-state index contributed by atoms with van der Waals surface area (Å²) >= 11 is 4.29. The number of nitrogens with zero attached hydrogens (tertiary/aromatic N) is 1. The van der Waals surface area contributed by atoms with E-state index < -0.39 is 0 Å². The Morgan fingerprint density at radius 3 is 2.89 bits per heavy atom. The van der Waals surface area contributed by atoms with Crippen LogP contribution in [0.3, 0.4) is 0 Å². The van der Waals surface area contributed by atoms with E-state index >= 15 is 0 Å². The number of aliphatic imine (C=N–C) groups is 1. The minimum absolute atomic E-state index is 0.134. The van der Waals surface area contributed by atoms with Gasteiger partial charge in [-0.1, -0.05) is 6.92 Å². The number of thiocarbonyl (C=S) groups is 1. The molecular weight excluding hydrogens is 134 g/mol. The van der Waals surface area contributed by atoms with Gasteiger partial charge in [-0.3, -0.25) is 4.79 Å². The SMILES string of the molecule is CCCC(=O)CN=C=S. The second-order valence-electron chi connectivity index (χ2n) is 1.70. The molecule has 0 aliphatic rings. The monoisotopic (exact) mass is 143 g/mol. The lowest BCUT2D eigenvalue weighted by atomic mass is 10.2. The maximum Gasteiger partial charge on any atom is 0.155 e. The molecule has 0 heterocycles. The van der Waals surface area contributed by atoms with Crippen molar-refractivity contribution in [1.29, 1.82) is 0 Å². The molecule has 2 nitrogen and oxygen atoms in total. The smallest absolute Gasteiger partial charge is 0.155 e. The second kappa shape index (κ2) is 5.60. The lowest BCUT2D eigenvalue weighted by Gasteiger charge is -1.87. The molecular formula is C6H9NOS. The third-order valence-electron chi connectivity index (χ3n) is 0.849. The molecule has 0 unspecified atom stereocenters. The number of hydrogen-bond donors (Lipinski definition) is 0. The van der Waals surface area contributed by atoms with Crippen molar-refractivity contribution in [1.82, 2.24) is 0 Å². The van der Waals surface area contributed by atoms with E-state index in [-0.39, 0.29) is 12.3 Å². The predicted octanol–water partition coefficient (Wildman–Crippen LogP) is 1.46. The molecule has 0 radical (unpaired) electrons. The number of hydrogen-bond acceptors (Lipinski definition) is 3. The van der Waals surface area contributed by atoms with Gasteiger partial charge < -0.3 is 0 Å². The van der Waals surface area contributed by atoms with Crippen LogP contribution in [0.5, 0.6) is 0 Å². The van der Waals surface area contributed by atoms with Crippen molar-refractivity contribution in [2.45, 2.75) is 19.8 Å². The quantitative estimate of drug-likeness (QED) is 0.440. The fraction of sp³-hybridized carbons (Fsp3) is 0.667. The van der Waals surface area contributed by atoms with Gasteiger partial charge in [0.15, 0.2) is 5.78 Å². The minimum atomic E-state index is 0.134. The van der Waals surface area contributed by atoms with Crippen molar-refractivity contribution in [2.75, 3.05) is 6.54 Å². The first-order valence-electron chi connectivity index (χ1n) is 2.86. The third-order valence-corrected chi connectivity index (χ3v) is 0.978. The predicted molar refractivity (Wildman–Crippen MR) is 39.8 cm³/mol. The molecule has 0 aliphatic heterocycles. The van der Waals surface area contributed by atoms with Crippen molar-refractivity contribution >= 4 is 23.2 Å². The summed E-state index contributed by atoms with van der Waals surface area (Å²) in [4.78, 5) is 14.1. The van der Waals surface area contributed by atoms with Gasteiger partial charge in [-0.15, -0.1) is 0 Å². The standard InChI is InChI=1S/C6H9NOS/c1-2-3-6(8)4-7-5-9/h2-4H2,1H3. The van der Waals surface area contributed by atoms with Gasteiger partial charge in [0.1, 0.15) is 6.54 Å². The molecule has 50 valence electrons. The van der Waals surface area contributed by atoms with E-state index in [1.165, 1.54) is 0 Å². The highest BCUT2D eigenvalue weighted by atomic mass is 32.1. The second-order valence-corrected chi connectivity index (χ2v) is 1.88. The number of carbonyl (C=O) groups excluding carboxylic acids is 1. The molecule has 0 aliphatic carbocycles. The van der Waals surface area contributed by atoms with Gasteiger partial charge in [-0.2, -0.15) is 0 Å². The van der Waals surface area contributed by atoms with Crippen LogP contribution in [-0.4, -0.2) is 17.5 Å². The lowest BCUT2D eigenvalue weighted by Crippen LogP contribution is -2.00. The molecule has 0 atom stereocenters. The molecule has 0 saturated heterocycles. The molecule has 3 heteroatoms. The molecule has 0 aromatic rings. The molecule has 0 amide bonds. The van der Waals surface area contributed by atoms with Crippen LogP contribution < -0.4 is 0 Å².